The molecule has 25 heteroatoms. The number of rotatable bonds is 1. The van der Waals surface area contributed by atoms with E-state index >= 15 is 0 Å². The first kappa shape index (κ1) is 109. The summed E-state index contributed by atoms with van der Waals surface area (Å²) >= 11 is 0. The first-order valence-corrected chi connectivity index (χ1v) is 54.1. The molecule has 4 heterocycles. The number of aryl methyl sites for hydroxylation is 1. The lowest BCUT2D eigenvalue weighted by Crippen LogP contribution is -2.61. The van der Waals surface area contributed by atoms with Gasteiger partial charge in [0.1, 0.15) is 52.0 Å². The van der Waals surface area contributed by atoms with Gasteiger partial charge < -0.3 is 48.1 Å². The van der Waals surface area contributed by atoms with Crippen LogP contribution in [-0.4, -0.2) is 133 Å². The molecule has 19 rings (SSSR count). The average molecular weight is 1940 g/mol. The number of oxime groups is 1. The second-order valence-electron chi connectivity index (χ2n) is 50.1. The van der Waals surface area contributed by atoms with E-state index in [4.69, 9.17) is 56.8 Å². The largest absolute Gasteiger partial charge is 0.523 e. The van der Waals surface area contributed by atoms with E-state index in [1.807, 2.05) is 47.7 Å². The van der Waals surface area contributed by atoms with Crippen molar-refractivity contribution in [2.24, 2.45) is 117 Å². The van der Waals surface area contributed by atoms with Gasteiger partial charge in [0.2, 0.25) is 11.4 Å². The second-order valence-corrected chi connectivity index (χ2v) is 52.7. The van der Waals surface area contributed by atoms with Crippen molar-refractivity contribution in [2.75, 3.05) is 39.6 Å². The first-order chi connectivity index (χ1) is 63.7. The standard InChI is InChI=1S/C16H26O3.C15H25NO3.2C15H21NO2.C15H19NO2.C15H24O3.C14H22O2.C7H7ClO2S/c1-14(2)13-6-4-5-12(17)11-15(13,3)7-8-16(14)18-9-10-19-16;1-13(2)11-5-4-6-12(16-17)14(11,3)7-8-15(13)18-9-10-19-15;1-14(2)12-6-4-5-11(17)8-15(12,3)7-10-9-16-18-13(10)14;2*1-14(2)12-7-5-6-10(17)8-15(12,3)9-11(16-4)13(14)18;1-13(2)11-5-4-6-12(16)14(11,3)7-8-15(13)17-9-10-18-15;1-13(2)11-6-4-5-10(15)9-14(11,3)8-7-12(13)16;1-6-2-4-7(5-3-6)11(8,9)10/h13H,4-11H2,1-3H3;11,17H,4-10H2,1-3H3;9,12H,4-8H2,1-3H3;12,18H,5-9H2,1-3H3;9,12H,5-8H2,1-3H3;11H,4-10H2,1-3H3;11H,4-9H2,1-3H3;2-5H,1H3/t13-,15+;11-,14-;12-,15+;2*12-,15-;11-,14-;11-,14+;/m0000000./s1. The van der Waals surface area contributed by atoms with Crippen molar-refractivity contribution in [3.8, 4) is 0 Å². The topological polar surface area (TPSA) is 314 Å². The number of carbonyl (C=O) groups is 8. The predicted molar refractivity (Wildman–Crippen MR) is 527 cm³/mol. The Morgan fingerprint density at radius 1 is 0.409 bits per heavy atom. The maximum atomic E-state index is 12.4. The van der Waals surface area contributed by atoms with Crippen LogP contribution < -0.4 is 0 Å². The van der Waals surface area contributed by atoms with Crippen LogP contribution in [0.4, 0.5) is 0 Å². The minimum absolute atomic E-state index is 0.00292. The van der Waals surface area contributed by atoms with Crippen molar-refractivity contribution in [3.63, 3.8) is 0 Å². The van der Waals surface area contributed by atoms with Crippen molar-refractivity contribution < 1.29 is 90.0 Å². The van der Waals surface area contributed by atoms with E-state index in [9.17, 15) is 57.1 Å². The Balaban J connectivity index is 0.000000141. The van der Waals surface area contributed by atoms with Gasteiger partial charge in [0.15, 0.2) is 23.1 Å². The number of carbonyl (C=O) groups excluding carboxylic acids is 8. The molecule has 3 aliphatic heterocycles. The molecule has 11 saturated carbocycles. The molecule has 0 radical (unpaired) electrons. The molecular weight excluding hydrogens is 1770 g/mol. The molecule has 760 valence electrons. The quantitative estimate of drug-likeness (QED) is 0.116. The van der Waals surface area contributed by atoms with Crippen LogP contribution in [0.25, 0.3) is 9.69 Å². The Morgan fingerprint density at radius 3 is 1.26 bits per heavy atom. The summed E-state index contributed by atoms with van der Waals surface area (Å²) in [4.78, 5) is 103. The molecule has 14 atom stereocenters. The summed E-state index contributed by atoms with van der Waals surface area (Å²) in [6.45, 7) is 65.9. The van der Waals surface area contributed by atoms with E-state index in [1.54, 1.807) is 18.2 Å². The molecule has 2 N–H and O–H groups in total. The Hall–Kier alpha value is -6.48. The molecule has 0 amide bonds. The number of fused-ring (bicyclic) bond motifs is 8. The van der Waals surface area contributed by atoms with Crippen LogP contribution in [0.5, 0.6) is 0 Å². The zero-order valence-electron chi connectivity index (χ0n) is 87.1. The summed E-state index contributed by atoms with van der Waals surface area (Å²) in [5, 5.41) is 27.2. The fourth-order valence-corrected chi connectivity index (χ4v) is 32.3. The van der Waals surface area contributed by atoms with Crippen LogP contribution in [0.15, 0.2) is 68.3 Å². The minimum Gasteiger partial charge on any atom is -0.523 e. The smallest absolute Gasteiger partial charge is 0.261 e. The van der Waals surface area contributed by atoms with Gasteiger partial charge in [-0.05, 0) is 222 Å². The van der Waals surface area contributed by atoms with E-state index in [2.05, 4.69) is 131 Å². The van der Waals surface area contributed by atoms with Gasteiger partial charge in [-0.25, -0.2) is 18.1 Å². The van der Waals surface area contributed by atoms with Crippen LogP contribution in [0.1, 0.15) is 387 Å². The summed E-state index contributed by atoms with van der Waals surface area (Å²) in [6, 6.07) is 6.37. The van der Waals surface area contributed by atoms with Gasteiger partial charge in [0, 0.05) is 161 Å². The number of halogens is 1. The Morgan fingerprint density at radius 2 is 0.796 bits per heavy atom. The zero-order valence-corrected chi connectivity index (χ0v) is 88.7. The number of hydrogen-bond acceptors (Lipinski definition) is 21. The normalized spacial score (nSPS) is 36.4. The number of ether oxygens (including phenoxy) is 6. The molecular formula is C112H165ClN4O19S. The van der Waals surface area contributed by atoms with E-state index < -0.39 is 37.2 Å². The zero-order chi connectivity index (χ0) is 101. The van der Waals surface area contributed by atoms with Crippen LogP contribution in [0.3, 0.4) is 0 Å². The number of benzene rings is 1. The third kappa shape index (κ3) is 21.0. The maximum Gasteiger partial charge on any atom is 0.261 e. The number of aromatic nitrogens is 1. The van der Waals surface area contributed by atoms with Gasteiger partial charge in [0.25, 0.3) is 9.05 Å². The molecule has 14 fully saturated rings. The van der Waals surface area contributed by atoms with Gasteiger partial charge in [-0.15, -0.1) is 0 Å². The third-order valence-electron chi connectivity index (χ3n) is 38.7. The van der Waals surface area contributed by atoms with E-state index in [0.717, 1.165) is 197 Å². The third-order valence-corrected chi connectivity index (χ3v) is 40.1. The molecule has 17 aliphatic rings. The lowest BCUT2D eigenvalue weighted by molar-refractivity contribution is -0.283. The Bertz CT molecular complexity index is 5130. The van der Waals surface area contributed by atoms with E-state index in [1.165, 1.54) is 17.7 Å². The molecule has 137 heavy (non-hydrogen) atoms. The molecule has 14 aliphatic carbocycles. The maximum absolute atomic E-state index is 12.4. The fraction of sp³-hybridized carbons (Fsp3) is 0.786. The summed E-state index contributed by atoms with van der Waals surface area (Å²) in [7, 11) is 1.54. The number of nitrogens with zero attached hydrogens (tertiary/aromatic N) is 4. The first-order valence-electron chi connectivity index (χ1n) is 51.8. The Labute approximate surface area is 823 Å². The highest BCUT2D eigenvalue weighted by atomic mass is 35.7. The van der Waals surface area contributed by atoms with Crippen molar-refractivity contribution >= 4 is 71.7 Å². The number of ketones is 8. The van der Waals surface area contributed by atoms with E-state index in [-0.39, 0.29) is 105 Å². The molecule has 3 saturated heterocycles. The lowest BCUT2D eigenvalue weighted by Gasteiger charge is -2.59. The number of Topliss-reactive ketones (excluding diaryl/α,β-unsaturated/α-hetero) is 8. The molecule has 0 unspecified atom stereocenters. The van der Waals surface area contributed by atoms with Gasteiger partial charge in [0.05, 0.1) is 69.6 Å². The summed E-state index contributed by atoms with van der Waals surface area (Å²) in [6.07, 6.45) is 35.0. The Kier molecular flexibility index (Phi) is 32.4. The number of aliphatic hydroxyl groups excluding tert-OH is 1. The van der Waals surface area contributed by atoms with Crippen molar-refractivity contribution in [3.05, 3.63) is 93.4 Å². The van der Waals surface area contributed by atoms with Crippen LogP contribution in [-0.2, 0) is 87.7 Å². The van der Waals surface area contributed by atoms with Crippen LogP contribution in [0.2, 0.25) is 0 Å². The lowest BCUT2D eigenvalue weighted by atomic mass is 9.49. The van der Waals surface area contributed by atoms with Gasteiger partial charge in [-0.3, -0.25) is 33.6 Å². The summed E-state index contributed by atoms with van der Waals surface area (Å²) in [5.41, 5.74) is 2.20. The molecule has 1 aromatic carbocycles. The van der Waals surface area contributed by atoms with Crippen molar-refractivity contribution in [2.45, 2.75) is 411 Å². The van der Waals surface area contributed by atoms with Gasteiger partial charge in [-0.1, -0.05) is 179 Å². The van der Waals surface area contributed by atoms with Gasteiger partial charge >= 0.3 is 0 Å². The highest BCUT2D eigenvalue weighted by Gasteiger charge is 2.68. The van der Waals surface area contributed by atoms with Crippen LogP contribution in [0, 0.1) is 132 Å². The second kappa shape index (κ2) is 40.6. The molecule has 0 bridgehead atoms. The number of allylic oxidation sites excluding steroid dienone is 4. The number of hydrogen-bond donors (Lipinski definition) is 2. The van der Waals surface area contributed by atoms with E-state index in [0.29, 0.717) is 161 Å². The molecule has 3 spiro atoms. The average Bonchev–Trinajstić information content (AvgIpc) is 1.72. The summed E-state index contributed by atoms with van der Waals surface area (Å²) in [5.74, 6) is 5.35. The van der Waals surface area contributed by atoms with Crippen molar-refractivity contribution in [1.29, 1.82) is 0 Å². The predicted octanol–water partition coefficient (Wildman–Crippen LogP) is 24.8. The molecule has 23 nitrogen and oxygen atoms in total. The van der Waals surface area contributed by atoms with Crippen molar-refractivity contribution in [1.82, 2.24) is 5.16 Å². The highest BCUT2D eigenvalue weighted by Crippen LogP contribution is 2.68. The fourth-order valence-electron chi connectivity index (χ4n) is 31.5. The monoisotopic (exact) mass is 1940 g/mol. The summed E-state index contributed by atoms with van der Waals surface area (Å²) < 4.78 is 63.1. The minimum atomic E-state index is -3.55. The SMILES string of the molecule is CC1(C)C(=O)CC[C@]2(C)CC(=O)CCC[C@@H]12.CC1(C)[C@@H]2CCCC(=NO)[C@@]2(C)CCC12OCCO2.CC1(C)[C@@H]2CCCC(=O)C[C@@]2(C)CCC12OCCO2.CC1(C)[C@@H]2CCCC(=O)[C@@]2(C)CCC12OCCO2.CC1(C)c2oncc2C[C@]2(C)CC(=O)CCC[C@@H]12.Cc1ccc(S(=O)(=O)Cl)cc1.[C-]#[N+]C1=C(O)C(C)(C)[C@@H]2CCCC(=O)C[C@@]2(C)C1.[C-]#[N+]C1=C[C@]2(C)CC(=O)CCC[C@H]2C(C)(C)C1=O. The van der Waals surface area contributed by atoms with Crippen LogP contribution >= 0.6 is 10.7 Å². The molecule has 2 aromatic rings. The molecule has 1 aromatic heterocycles. The van der Waals surface area contributed by atoms with Gasteiger partial charge in [-0.2, -0.15) is 0 Å². The highest BCUT2D eigenvalue weighted by molar-refractivity contribution is 8.13. The number of aliphatic hydroxyl groups is 1.